The van der Waals surface area contributed by atoms with E-state index in [1.807, 2.05) is 0 Å². The minimum absolute atomic E-state index is 0.218. The van der Waals surface area contributed by atoms with E-state index in [2.05, 4.69) is 22.5 Å². The van der Waals surface area contributed by atoms with Crippen LogP contribution in [0.5, 0.6) is 0 Å². The Morgan fingerprint density at radius 3 is 2.39 bits per heavy atom. The smallest absolute Gasteiger partial charge is 0.234 e. The zero-order valence-corrected chi connectivity index (χ0v) is 11.6. The summed E-state index contributed by atoms with van der Waals surface area (Å²) in [4.78, 5) is 14.3. The van der Waals surface area contributed by atoms with Crippen LogP contribution in [0.2, 0.25) is 0 Å². The van der Waals surface area contributed by atoms with Crippen LogP contribution in [0.15, 0.2) is 0 Å². The lowest BCUT2D eigenvalue weighted by Crippen LogP contribution is -2.59. The van der Waals surface area contributed by atoms with Crippen molar-refractivity contribution in [2.75, 3.05) is 26.2 Å². The van der Waals surface area contributed by atoms with Crippen LogP contribution in [0, 0.1) is 0 Å². The summed E-state index contributed by atoms with van der Waals surface area (Å²) in [5, 5.41) is 6.49. The van der Waals surface area contributed by atoms with Gasteiger partial charge in [-0.25, -0.2) is 0 Å². The van der Waals surface area contributed by atoms with E-state index in [-0.39, 0.29) is 5.91 Å². The molecule has 1 saturated carbocycles. The van der Waals surface area contributed by atoms with Gasteiger partial charge in [-0.2, -0.15) is 0 Å². The van der Waals surface area contributed by atoms with Gasteiger partial charge in [-0.1, -0.05) is 32.6 Å². The molecule has 4 nitrogen and oxygen atoms in total. The van der Waals surface area contributed by atoms with Crippen LogP contribution in [0.3, 0.4) is 0 Å². The molecule has 1 saturated heterocycles. The minimum Gasteiger partial charge on any atom is -0.352 e. The van der Waals surface area contributed by atoms with Gasteiger partial charge in [0.25, 0.3) is 0 Å². The van der Waals surface area contributed by atoms with E-state index in [0.717, 1.165) is 19.6 Å². The Morgan fingerprint density at radius 2 is 1.89 bits per heavy atom. The highest BCUT2D eigenvalue weighted by Gasteiger charge is 2.25. The molecule has 0 bridgehead atoms. The number of nitrogens with one attached hydrogen (secondary N) is 2. The van der Waals surface area contributed by atoms with Crippen LogP contribution >= 0.6 is 0 Å². The molecule has 0 spiro atoms. The SMILES string of the molecule is CCN(CC(=O)NC1CCCCCC1)C1CNC1. The lowest BCUT2D eigenvalue weighted by atomic mass is 10.1. The van der Waals surface area contributed by atoms with Crippen LogP contribution in [0.25, 0.3) is 0 Å². The van der Waals surface area contributed by atoms with Gasteiger partial charge in [0, 0.05) is 25.2 Å². The summed E-state index contributed by atoms with van der Waals surface area (Å²) in [6.07, 6.45) is 7.55. The zero-order chi connectivity index (χ0) is 12.8. The van der Waals surface area contributed by atoms with Crippen LogP contribution < -0.4 is 10.6 Å². The van der Waals surface area contributed by atoms with Gasteiger partial charge in [-0.05, 0) is 19.4 Å². The van der Waals surface area contributed by atoms with Gasteiger partial charge in [0.05, 0.1) is 6.54 Å². The minimum atomic E-state index is 0.218. The van der Waals surface area contributed by atoms with Gasteiger partial charge >= 0.3 is 0 Å². The molecule has 0 aromatic heterocycles. The Bertz CT molecular complexity index is 258. The second-order valence-corrected chi connectivity index (χ2v) is 5.63. The molecule has 104 valence electrons. The van der Waals surface area contributed by atoms with Crippen LogP contribution in [0.4, 0.5) is 0 Å². The fourth-order valence-electron chi connectivity index (χ4n) is 2.91. The second-order valence-electron chi connectivity index (χ2n) is 5.63. The van der Waals surface area contributed by atoms with Crippen molar-refractivity contribution in [3.63, 3.8) is 0 Å². The summed E-state index contributed by atoms with van der Waals surface area (Å²) in [5.41, 5.74) is 0. The highest BCUT2D eigenvalue weighted by atomic mass is 16.2. The first-order chi connectivity index (χ1) is 8.79. The monoisotopic (exact) mass is 253 g/mol. The van der Waals surface area contributed by atoms with Crippen molar-refractivity contribution in [2.24, 2.45) is 0 Å². The molecular weight excluding hydrogens is 226 g/mol. The summed E-state index contributed by atoms with van der Waals surface area (Å²) in [5.74, 6) is 0.218. The first-order valence-electron chi connectivity index (χ1n) is 7.53. The Morgan fingerprint density at radius 1 is 1.22 bits per heavy atom. The van der Waals surface area contributed by atoms with Crippen molar-refractivity contribution >= 4 is 5.91 Å². The maximum atomic E-state index is 12.1. The average Bonchev–Trinajstić information content (AvgIpc) is 2.54. The highest BCUT2D eigenvalue weighted by molar-refractivity contribution is 5.78. The number of carbonyl (C=O) groups is 1. The fourth-order valence-corrected chi connectivity index (χ4v) is 2.91. The topological polar surface area (TPSA) is 44.4 Å². The van der Waals surface area contributed by atoms with E-state index in [1.165, 1.54) is 38.5 Å². The first-order valence-corrected chi connectivity index (χ1v) is 7.53. The highest BCUT2D eigenvalue weighted by Crippen LogP contribution is 2.17. The number of rotatable bonds is 5. The van der Waals surface area contributed by atoms with Crippen LogP contribution in [0.1, 0.15) is 45.4 Å². The maximum absolute atomic E-state index is 12.1. The van der Waals surface area contributed by atoms with E-state index < -0.39 is 0 Å². The van der Waals surface area contributed by atoms with Crippen molar-refractivity contribution in [2.45, 2.75) is 57.5 Å². The molecule has 1 heterocycles. The van der Waals surface area contributed by atoms with Gasteiger partial charge in [0.2, 0.25) is 5.91 Å². The Kier molecular flexibility index (Phi) is 5.45. The Hall–Kier alpha value is -0.610. The Labute approximate surface area is 110 Å². The zero-order valence-electron chi connectivity index (χ0n) is 11.6. The van der Waals surface area contributed by atoms with Gasteiger partial charge in [0.15, 0.2) is 0 Å². The van der Waals surface area contributed by atoms with Crippen molar-refractivity contribution in [3.05, 3.63) is 0 Å². The number of amides is 1. The lowest BCUT2D eigenvalue weighted by Gasteiger charge is -2.37. The molecule has 0 atom stereocenters. The molecule has 1 amide bonds. The van der Waals surface area contributed by atoms with Crippen LogP contribution in [-0.4, -0.2) is 49.1 Å². The second kappa shape index (κ2) is 7.10. The first kappa shape index (κ1) is 13.8. The van der Waals surface area contributed by atoms with Crippen molar-refractivity contribution in [3.8, 4) is 0 Å². The maximum Gasteiger partial charge on any atom is 0.234 e. The van der Waals surface area contributed by atoms with E-state index in [4.69, 9.17) is 0 Å². The summed E-state index contributed by atoms with van der Waals surface area (Å²) in [6, 6.07) is 0.994. The quantitative estimate of drug-likeness (QED) is 0.722. The molecule has 1 aliphatic heterocycles. The molecule has 4 heteroatoms. The molecule has 2 rings (SSSR count). The third-order valence-corrected chi connectivity index (χ3v) is 4.25. The lowest BCUT2D eigenvalue weighted by molar-refractivity contribution is -0.123. The molecule has 0 unspecified atom stereocenters. The molecule has 1 aliphatic carbocycles. The van der Waals surface area contributed by atoms with Gasteiger partial charge in [-0.3, -0.25) is 9.69 Å². The van der Waals surface area contributed by atoms with Gasteiger partial charge < -0.3 is 10.6 Å². The summed E-state index contributed by atoms with van der Waals surface area (Å²) < 4.78 is 0. The van der Waals surface area contributed by atoms with Crippen molar-refractivity contribution in [1.82, 2.24) is 15.5 Å². The number of hydrogen-bond donors (Lipinski definition) is 2. The van der Waals surface area contributed by atoms with E-state index in [0.29, 0.717) is 18.6 Å². The largest absolute Gasteiger partial charge is 0.352 e. The molecule has 0 aromatic rings. The molecular formula is C14H27N3O. The Balaban J connectivity index is 1.72. The van der Waals surface area contributed by atoms with Gasteiger partial charge in [-0.15, -0.1) is 0 Å². The summed E-state index contributed by atoms with van der Waals surface area (Å²) in [6.45, 7) is 5.73. The number of hydrogen-bond acceptors (Lipinski definition) is 3. The molecule has 2 fully saturated rings. The third-order valence-electron chi connectivity index (χ3n) is 4.25. The van der Waals surface area contributed by atoms with Gasteiger partial charge in [0.1, 0.15) is 0 Å². The van der Waals surface area contributed by atoms with E-state index >= 15 is 0 Å². The standard InChI is InChI=1S/C14H27N3O/c1-2-17(13-9-15-10-13)11-14(18)16-12-7-5-3-4-6-8-12/h12-13,15H,2-11H2,1H3,(H,16,18). The summed E-state index contributed by atoms with van der Waals surface area (Å²) in [7, 11) is 0. The molecule has 0 aromatic carbocycles. The predicted octanol–water partition coefficient (Wildman–Crippen LogP) is 1.12. The predicted molar refractivity (Wildman–Crippen MR) is 73.5 cm³/mol. The van der Waals surface area contributed by atoms with E-state index in [1.54, 1.807) is 0 Å². The molecule has 2 N–H and O–H groups in total. The van der Waals surface area contributed by atoms with Crippen LogP contribution in [-0.2, 0) is 4.79 Å². The average molecular weight is 253 g/mol. The number of nitrogens with zero attached hydrogens (tertiary/aromatic N) is 1. The number of carbonyl (C=O) groups excluding carboxylic acids is 1. The third kappa shape index (κ3) is 3.95. The van der Waals surface area contributed by atoms with Crippen molar-refractivity contribution < 1.29 is 4.79 Å². The number of likely N-dealkylation sites (N-methyl/N-ethyl adjacent to an activating group) is 1. The fraction of sp³-hybridized carbons (Fsp3) is 0.929. The molecule has 18 heavy (non-hydrogen) atoms. The normalized spacial score (nSPS) is 22.6. The summed E-state index contributed by atoms with van der Waals surface area (Å²) >= 11 is 0. The van der Waals surface area contributed by atoms with Crippen molar-refractivity contribution in [1.29, 1.82) is 0 Å². The van der Waals surface area contributed by atoms with E-state index in [9.17, 15) is 4.79 Å². The molecule has 2 aliphatic rings. The molecule has 0 radical (unpaired) electrons.